The molecule has 1 aliphatic heterocycles. The van der Waals surface area contributed by atoms with E-state index in [-0.39, 0.29) is 17.8 Å². The molecule has 0 unspecified atom stereocenters. The van der Waals surface area contributed by atoms with E-state index in [4.69, 9.17) is 4.98 Å². The molecule has 0 bridgehead atoms. The van der Waals surface area contributed by atoms with E-state index in [9.17, 15) is 9.59 Å². The summed E-state index contributed by atoms with van der Waals surface area (Å²) >= 11 is 0. The van der Waals surface area contributed by atoms with Gasteiger partial charge in [0.25, 0.3) is 5.56 Å². The van der Waals surface area contributed by atoms with Gasteiger partial charge in [-0.25, -0.2) is 4.79 Å². The van der Waals surface area contributed by atoms with Crippen LogP contribution in [0.4, 0.5) is 5.95 Å². The molecule has 0 amide bonds. The van der Waals surface area contributed by atoms with Crippen LogP contribution in [0.15, 0.2) is 64.2 Å². The molecule has 7 heteroatoms. The van der Waals surface area contributed by atoms with Crippen LogP contribution in [0.3, 0.4) is 0 Å². The van der Waals surface area contributed by atoms with Crippen molar-refractivity contribution in [2.45, 2.75) is 33.5 Å². The van der Waals surface area contributed by atoms with Gasteiger partial charge in [0, 0.05) is 26.7 Å². The molecule has 3 heterocycles. The summed E-state index contributed by atoms with van der Waals surface area (Å²) in [5.41, 5.74) is 3.54. The monoisotopic (exact) mass is 429 g/mol. The molecule has 5 rings (SSSR count). The molecule has 32 heavy (non-hydrogen) atoms. The largest absolute Gasteiger partial charge is 0.338 e. The first kappa shape index (κ1) is 20.3. The van der Waals surface area contributed by atoms with Gasteiger partial charge >= 0.3 is 5.69 Å². The molecule has 164 valence electrons. The number of anilines is 1. The van der Waals surface area contributed by atoms with Crippen molar-refractivity contribution in [1.82, 2.24) is 18.7 Å². The molecule has 7 nitrogen and oxygen atoms in total. The highest BCUT2D eigenvalue weighted by Gasteiger charge is 2.29. The molecule has 2 aromatic heterocycles. The Morgan fingerprint density at radius 2 is 1.72 bits per heavy atom. The van der Waals surface area contributed by atoms with Crippen LogP contribution < -0.4 is 16.1 Å². The number of aryl methyl sites for hydroxylation is 2. The smallest absolute Gasteiger partial charge is 0.332 e. The van der Waals surface area contributed by atoms with E-state index >= 15 is 0 Å². The summed E-state index contributed by atoms with van der Waals surface area (Å²) in [6, 6.07) is 18.1. The Bertz CT molecular complexity index is 1410. The van der Waals surface area contributed by atoms with Gasteiger partial charge in [0.05, 0.1) is 6.54 Å². The van der Waals surface area contributed by atoms with Crippen molar-refractivity contribution < 1.29 is 0 Å². The zero-order chi connectivity index (χ0) is 22.4. The van der Waals surface area contributed by atoms with Crippen molar-refractivity contribution in [1.29, 1.82) is 0 Å². The van der Waals surface area contributed by atoms with Gasteiger partial charge < -0.3 is 9.47 Å². The van der Waals surface area contributed by atoms with Gasteiger partial charge in [-0.2, -0.15) is 4.98 Å². The summed E-state index contributed by atoms with van der Waals surface area (Å²) in [4.78, 5) is 33.7. The van der Waals surface area contributed by atoms with Crippen LogP contribution in [-0.2, 0) is 26.7 Å². The standard InChI is InChI=1S/C25H27N5O2/c1-17-8-7-11-20(12-17)16-30-23(31)21-22(27(3)25(30)32)26-24-28(13-18(2)14-29(21)24)15-19-9-5-4-6-10-19/h4-12,18H,13-16H2,1-3H3/t18-/m0/s1. The number of aromatic nitrogens is 4. The molecule has 0 saturated carbocycles. The van der Waals surface area contributed by atoms with Gasteiger partial charge in [-0.1, -0.05) is 67.1 Å². The summed E-state index contributed by atoms with van der Waals surface area (Å²) in [7, 11) is 1.70. The first-order valence-electron chi connectivity index (χ1n) is 11.0. The van der Waals surface area contributed by atoms with Crippen molar-refractivity contribution in [3.05, 3.63) is 92.1 Å². The van der Waals surface area contributed by atoms with Gasteiger partial charge in [-0.15, -0.1) is 0 Å². The third-order valence-electron chi connectivity index (χ3n) is 6.16. The van der Waals surface area contributed by atoms with Crippen molar-refractivity contribution in [2.24, 2.45) is 13.0 Å². The normalized spacial score (nSPS) is 15.8. The Labute approximate surface area is 186 Å². The zero-order valence-corrected chi connectivity index (χ0v) is 18.7. The second kappa shape index (κ2) is 7.82. The summed E-state index contributed by atoms with van der Waals surface area (Å²) < 4.78 is 4.83. The molecule has 0 N–H and O–H groups in total. The summed E-state index contributed by atoms with van der Waals surface area (Å²) in [6.45, 7) is 6.69. The molecular formula is C25H27N5O2. The summed E-state index contributed by atoms with van der Waals surface area (Å²) in [6.07, 6.45) is 0. The van der Waals surface area contributed by atoms with E-state index < -0.39 is 0 Å². The lowest BCUT2D eigenvalue weighted by Gasteiger charge is -2.33. The van der Waals surface area contributed by atoms with E-state index in [1.165, 1.54) is 14.7 Å². The lowest BCUT2D eigenvalue weighted by molar-refractivity contribution is 0.435. The van der Waals surface area contributed by atoms with Gasteiger partial charge in [0.15, 0.2) is 11.2 Å². The van der Waals surface area contributed by atoms with Crippen LogP contribution >= 0.6 is 0 Å². The van der Waals surface area contributed by atoms with Crippen molar-refractivity contribution >= 4 is 17.1 Å². The fraction of sp³-hybridized carbons (Fsp3) is 0.320. The number of imidazole rings is 1. The average Bonchev–Trinajstić information content (AvgIpc) is 3.16. The number of benzene rings is 2. The van der Waals surface area contributed by atoms with E-state index in [1.807, 2.05) is 54.0 Å². The minimum atomic E-state index is -0.345. The molecule has 0 spiro atoms. The fourth-order valence-electron chi connectivity index (χ4n) is 4.67. The van der Waals surface area contributed by atoms with Gasteiger partial charge in [0.2, 0.25) is 5.95 Å². The molecule has 2 aromatic carbocycles. The van der Waals surface area contributed by atoms with E-state index in [1.54, 1.807) is 7.05 Å². The van der Waals surface area contributed by atoms with Crippen LogP contribution in [0.5, 0.6) is 0 Å². The first-order valence-corrected chi connectivity index (χ1v) is 11.0. The summed E-state index contributed by atoms with van der Waals surface area (Å²) in [5.74, 6) is 1.10. The Kier molecular flexibility index (Phi) is 4.96. The number of hydrogen-bond acceptors (Lipinski definition) is 4. The van der Waals surface area contributed by atoms with Crippen LogP contribution in [0.1, 0.15) is 23.6 Å². The lowest BCUT2D eigenvalue weighted by atomic mass is 10.1. The zero-order valence-electron chi connectivity index (χ0n) is 18.7. The van der Waals surface area contributed by atoms with Gasteiger partial charge in [-0.3, -0.25) is 13.9 Å². The predicted molar refractivity (Wildman–Crippen MR) is 126 cm³/mol. The third-order valence-corrected chi connectivity index (χ3v) is 6.16. The predicted octanol–water partition coefficient (Wildman–Crippen LogP) is 2.91. The highest BCUT2D eigenvalue weighted by molar-refractivity contribution is 5.75. The molecule has 4 aromatic rings. The molecule has 1 aliphatic rings. The second-order valence-electron chi connectivity index (χ2n) is 8.89. The average molecular weight is 430 g/mol. The fourth-order valence-corrected chi connectivity index (χ4v) is 4.67. The quantitative estimate of drug-likeness (QED) is 0.500. The Morgan fingerprint density at radius 3 is 2.47 bits per heavy atom. The molecule has 0 radical (unpaired) electrons. The maximum atomic E-state index is 13.6. The lowest BCUT2D eigenvalue weighted by Crippen LogP contribution is -2.41. The topological polar surface area (TPSA) is 65.1 Å². The molecule has 0 aliphatic carbocycles. The Balaban J connectivity index is 1.66. The molecule has 1 atom stereocenters. The minimum Gasteiger partial charge on any atom is -0.338 e. The highest BCUT2D eigenvalue weighted by Crippen LogP contribution is 2.28. The summed E-state index contributed by atoms with van der Waals surface area (Å²) in [5, 5.41) is 0. The number of fused-ring (bicyclic) bond motifs is 3. The molecule has 0 saturated heterocycles. The maximum Gasteiger partial charge on any atom is 0.332 e. The van der Waals surface area contributed by atoms with Crippen molar-refractivity contribution in [3.63, 3.8) is 0 Å². The Hall–Kier alpha value is -3.61. The van der Waals surface area contributed by atoms with Gasteiger partial charge in [-0.05, 0) is 24.0 Å². The van der Waals surface area contributed by atoms with E-state index in [0.717, 1.165) is 23.6 Å². The number of rotatable bonds is 4. The number of hydrogen-bond donors (Lipinski definition) is 0. The van der Waals surface area contributed by atoms with Crippen LogP contribution in [0.2, 0.25) is 0 Å². The second-order valence-corrected chi connectivity index (χ2v) is 8.89. The minimum absolute atomic E-state index is 0.243. The van der Waals surface area contributed by atoms with Crippen molar-refractivity contribution in [3.8, 4) is 0 Å². The van der Waals surface area contributed by atoms with Crippen LogP contribution in [0.25, 0.3) is 11.2 Å². The van der Waals surface area contributed by atoms with Gasteiger partial charge in [0.1, 0.15) is 0 Å². The molecule has 0 fully saturated rings. The maximum absolute atomic E-state index is 13.6. The third kappa shape index (κ3) is 3.43. The first-order chi connectivity index (χ1) is 15.4. The highest BCUT2D eigenvalue weighted by atomic mass is 16.2. The van der Waals surface area contributed by atoms with E-state index in [2.05, 4.69) is 24.0 Å². The molecular weight excluding hydrogens is 402 g/mol. The Morgan fingerprint density at radius 1 is 0.969 bits per heavy atom. The van der Waals surface area contributed by atoms with Crippen LogP contribution in [-0.4, -0.2) is 25.2 Å². The van der Waals surface area contributed by atoms with Crippen LogP contribution in [0, 0.1) is 12.8 Å². The SMILES string of the molecule is Cc1cccc(Cn2c(=O)c3c(nc4n3C[C@@H](C)CN4Cc3ccccc3)n(C)c2=O)c1. The van der Waals surface area contributed by atoms with E-state index in [0.29, 0.717) is 30.2 Å². The number of nitrogens with zero attached hydrogens (tertiary/aromatic N) is 5. The van der Waals surface area contributed by atoms with Crippen molar-refractivity contribution in [2.75, 3.05) is 11.4 Å².